The van der Waals surface area contributed by atoms with Crippen molar-refractivity contribution in [3.8, 4) is 11.1 Å². The SMILES string of the molecule is CC(C)n1c(SCC(=O)NCc2ccccc2)nc2c(-c3ccccc3)cn(C)c2c1=O. The van der Waals surface area contributed by atoms with Crippen molar-refractivity contribution in [1.29, 1.82) is 0 Å². The Morgan fingerprint density at radius 1 is 1.06 bits per heavy atom. The zero-order chi connectivity index (χ0) is 22.7. The normalized spacial score (nSPS) is 11.2. The Kier molecular flexibility index (Phi) is 6.46. The Morgan fingerprint density at radius 2 is 1.72 bits per heavy atom. The maximum atomic E-state index is 13.4. The molecule has 0 aliphatic heterocycles. The number of nitrogens with zero attached hydrogens (tertiary/aromatic N) is 3. The summed E-state index contributed by atoms with van der Waals surface area (Å²) in [5.41, 5.74) is 4.08. The molecule has 2 aromatic heterocycles. The number of hydrogen-bond donors (Lipinski definition) is 1. The zero-order valence-corrected chi connectivity index (χ0v) is 19.2. The highest BCUT2D eigenvalue weighted by Crippen LogP contribution is 2.29. The largest absolute Gasteiger partial charge is 0.351 e. The van der Waals surface area contributed by atoms with Gasteiger partial charge < -0.3 is 9.88 Å². The van der Waals surface area contributed by atoms with Crippen molar-refractivity contribution < 1.29 is 4.79 Å². The van der Waals surface area contributed by atoms with Gasteiger partial charge in [0.15, 0.2) is 5.16 Å². The van der Waals surface area contributed by atoms with E-state index in [9.17, 15) is 9.59 Å². The first-order chi connectivity index (χ1) is 15.5. The van der Waals surface area contributed by atoms with Gasteiger partial charge in [-0.2, -0.15) is 0 Å². The molecule has 0 aliphatic rings. The van der Waals surface area contributed by atoms with Crippen LogP contribution in [0.3, 0.4) is 0 Å². The molecule has 1 amide bonds. The van der Waals surface area contributed by atoms with Gasteiger partial charge in [-0.15, -0.1) is 0 Å². The first-order valence-corrected chi connectivity index (χ1v) is 11.5. The van der Waals surface area contributed by atoms with Gasteiger partial charge in [0, 0.05) is 31.4 Å². The van der Waals surface area contributed by atoms with E-state index in [1.54, 1.807) is 4.57 Å². The number of thioether (sulfide) groups is 1. The lowest BCUT2D eigenvalue weighted by Gasteiger charge is -2.16. The van der Waals surface area contributed by atoms with Gasteiger partial charge in [0.1, 0.15) is 11.0 Å². The average molecular weight is 447 g/mol. The van der Waals surface area contributed by atoms with Gasteiger partial charge in [0.05, 0.1) is 5.75 Å². The van der Waals surface area contributed by atoms with Crippen molar-refractivity contribution in [3.05, 3.63) is 82.8 Å². The summed E-state index contributed by atoms with van der Waals surface area (Å²) in [6, 6.07) is 19.6. The topological polar surface area (TPSA) is 68.9 Å². The third kappa shape index (κ3) is 4.48. The standard InChI is InChI=1S/C25H26N4O2S/c1-17(2)29-24(31)23-22(20(15-28(23)3)19-12-8-5-9-13-19)27-25(29)32-16-21(30)26-14-18-10-6-4-7-11-18/h4-13,15,17H,14,16H2,1-3H3,(H,26,30). The molecule has 2 aromatic carbocycles. The number of amides is 1. The molecule has 7 heteroatoms. The number of aromatic nitrogens is 3. The Labute approximate surface area is 191 Å². The monoisotopic (exact) mass is 446 g/mol. The van der Waals surface area contributed by atoms with Crippen LogP contribution in [0.25, 0.3) is 22.2 Å². The molecular weight excluding hydrogens is 420 g/mol. The maximum Gasteiger partial charge on any atom is 0.278 e. The van der Waals surface area contributed by atoms with Gasteiger partial charge in [-0.25, -0.2) is 4.98 Å². The Balaban J connectivity index is 1.65. The molecular formula is C25H26N4O2S. The molecule has 6 nitrogen and oxygen atoms in total. The highest BCUT2D eigenvalue weighted by molar-refractivity contribution is 7.99. The quantitative estimate of drug-likeness (QED) is 0.338. The van der Waals surface area contributed by atoms with Crippen LogP contribution in [0.1, 0.15) is 25.5 Å². The van der Waals surface area contributed by atoms with Gasteiger partial charge in [-0.05, 0) is 25.0 Å². The molecule has 0 unspecified atom stereocenters. The molecule has 4 rings (SSSR count). The van der Waals surface area contributed by atoms with E-state index in [1.165, 1.54) is 11.8 Å². The van der Waals surface area contributed by atoms with E-state index in [0.717, 1.165) is 16.7 Å². The minimum absolute atomic E-state index is 0.0793. The number of fused-ring (bicyclic) bond motifs is 1. The highest BCUT2D eigenvalue weighted by atomic mass is 32.2. The number of hydrogen-bond acceptors (Lipinski definition) is 4. The van der Waals surface area contributed by atoms with Crippen molar-refractivity contribution >= 4 is 28.7 Å². The van der Waals surface area contributed by atoms with E-state index in [2.05, 4.69) is 5.32 Å². The molecule has 4 aromatic rings. The van der Waals surface area contributed by atoms with Crippen LogP contribution in [0.5, 0.6) is 0 Å². The van der Waals surface area contributed by atoms with Crippen molar-refractivity contribution in [2.24, 2.45) is 7.05 Å². The predicted octanol–water partition coefficient (Wildman–Crippen LogP) is 4.39. The minimum Gasteiger partial charge on any atom is -0.351 e. The Bertz CT molecular complexity index is 1290. The summed E-state index contributed by atoms with van der Waals surface area (Å²) in [7, 11) is 1.87. The molecule has 0 atom stereocenters. The molecule has 1 N–H and O–H groups in total. The van der Waals surface area contributed by atoms with E-state index in [1.807, 2.05) is 92.3 Å². The van der Waals surface area contributed by atoms with Crippen LogP contribution >= 0.6 is 11.8 Å². The molecule has 0 bridgehead atoms. The molecule has 0 aliphatic carbocycles. The molecule has 164 valence electrons. The zero-order valence-electron chi connectivity index (χ0n) is 18.4. The Hall–Kier alpha value is -3.32. The van der Waals surface area contributed by atoms with Crippen molar-refractivity contribution in [2.75, 3.05) is 5.75 Å². The summed E-state index contributed by atoms with van der Waals surface area (Å²) >= 11 is 1.29. The third-order valence-electron chi connectivity index (χ3n) is 5.26. The number of carbonyl (C=O) groups is 1. The molecule has 0 saturated carbocycles. The van der Waals surface area contributed by atoms with E-state index in [4.69, 9.17) is 4.98 Å². The summed E-state index contributed by atoms with van der Waals surface area (Å²) < 4.78 is 3.51. The van der Waals surface area contributed by atoms with Crippen LogP contribution in [0.15, 0.2) is 76.8 Å². The van der Waals surface area contributed by atoms with Crippen molar-refractivity contribution in [2.45, 2.75) is 31.6 Å². The van der Waals surface area contributed by atoms with Crippen LogP contribution in [-0.4, -0.2) is 25.8 Å². The van der Waals surface area contributed by atoms with Crippen LogP contribution in [0.4, 0.5) is 0 Å². The lowest BCUT2D eigenvalue weighted by molar-refractivity contribution is -0.118. The van der Waals surface area contributed by atoms with E-state index >= 15 is 0 Å². The first kappa shape index (κ1) is 21.9. The fourth-order valence-electron chi connectivity index (χ4n) is 3.69. The first-order valence-electron chi connectivity index (χ1n) is 10.6. The number of nitrogens with one attached hydrogen (secondary N) is 1. The molecule has 0 radical (unpaired) electrons. The second-order valence-electron chi connectivity index (χ2n) is 7.93. The summed E-state index contributed by atoms with van der Waals surface area (Å²) in [6.45, 7) is 4.38. The van der Waals surface area contributed by atoms with E-state index < -0.39 is 0 Å². The summed E-state index contributed by atoms with van der Waals surface area (Å²) in [4.78, 5) is 30.7. The molecule has 0 spiro atoms. The molecule has 2 heterocycles. The highest BCUT2D eigenvalue weighted by Gasteiger charge is 2.20. The second kappa shape index (κ2) is 9.44. The summed E-state index contributed by atoms with van der Waals surface area (Å²) in [5, 5.41) is 3.48. The van der Waals surface area contributed by atoms with Crippen LogP contribution in [0, 0.1) is 0 Å². The van der Waals surface area contributed by atoms with Crippen LogP contribution in [-0.2, 0) is 18.4 Å². The maximum absolute atomic E-state index is 13.4. The van der Waals surface area contributed by atoms with E-state index in [0.29, 0.717) is 22.7 Å². The molecule has 0 fully saturated rings. The minimum atomic E-state index is -0.0974. The van der Waals surface area contributed by atoms with Crippen LogP contribution < -0.4 is 10.9 Å². The smallest absolute Gasteiger partial charge is 0.278 e. The molecule has 32 heavy (non-hydrogen) atoms. The Morgan fingerprint density at radius 3 is 2.38 bits per heavy atom. The van der Waals surface area contributed by atoms with Gasteiger partial charge in [-0.3, -0.25) is 14.2 Å². The van der Waals surface area contributed by atoms with Gasteiger partial charge >= 0.3 is 0 Å². The third-order valence-corrected chi connectivity index (χ3v) is 6.21. The average Bonchev–Trinajstić information content (AvgIpc) is 3.13. The fourth-order valence-corrected chi connectivity index (χ4v) is 4.64. The lowest BCUT2D eigenvalue weighted by atomic mass is 10.1. The second-order valence-corrected chi connectivity index (χ2v) is 8.87. The van der Waals surface area contributed by atoms with Gasteiger partial charge in [-0.1, -0.05) is 72.4 Å². The number of carbonyl (C=O) groups excluding carboxylic acids is 1. The van der Waals surface area contributed by atoms with E-state index in [-0.39, 0.29) is 23.3 Å². The van der Waals surface area contributed by atoms with Gasteiger partial charge in [0.2, 0.25) is 5.91 Å². The van der Waals surface area contributed by atoms with Crippen LogP contribution in [0.2, 0.25) is 0 Å². The number of benzene rings is 2. The number of rotatable bonds is 7. The number of aryl methyl sites for hydroxylation is 1. The fraction of sp³-hybridized carbons (Fsp3) is 0.240. The molecule has 0 saturated heterocycles. The summed E-state index contributed by atoms with van der Waals surface area (Å²) in [5.74, 6) is 0.0882. The predicted molar refractivity (Wildman–Crippen MR) is 130 cm³/mol. The lowest BCUT2D eigenvalue weighted by Crippen LogP contribution is -2.28. The van der Waals surface area contributed by atoms with Gasteiger partial charge in [0.25, 0.3) is 5.56 Å². The summed E-state index contributed by atoms with van der Waals surface area (Å²) in [6.07, 6.45) is 1.94. The van der Waals surface area contributed by atoms with Crippen molar-refractivity contribution in [1.82, 2.24) is 19.4 Å². The van der Waals surface area contributed by atoms with Crippen molar-refractivity contribution in [3.63, 3.8) is 0 Å².